The van der Waals surface area contributed by atoms with Crippen molar-refractivity contribution in [2.24, 2.45) is 0 Å². The molecular formula is C17H20N4O3S. The van der Waals surface area contributed by atoms with E-state index in [-0.39, 0.29) is 11.9 Å². The van der Waals surface area contributed by atoms with E-state index >= 15 is 0 Å². The molecule has 1 aliphatic rings. The van der Waals surface area contributed by atoms with Crippen molar-refractivity contribution in [2.45, 2.75) is 31.7 Å². The molecule has 0 aliphatic heterocycles. The standard InChI is InChI=1S/C17H20N4O3S/c1-24-14-7-4-12(5-8-14)19-16(23)21-17-20-13(10-25-17)6-9-15(22)18-11-2-3-11/h4-5,7-8,10-11H,2-3,6,9H2,1H3,(H,18,22)(H2,19,20,21,23). The van der Waals surface area contributed by atoms with E-state index in [9.17, 15) is 9.59 Å². The average molecular weight is 360 g/mol. The highest BCUT2D eigenvalue weighted by Crippen LogP contribution is 2.20. The van der Waals surface area contributed by atoms with Gasteiger partial charge in [-0.1, -0.05) is 0 Å². The molecule has 1 aromatic carbocycles. The zero-order chi connectivity index (χ0) is 17.6. The lowest BCUT2D eigenvalue weighted by atomic mass is 10.2. The molecule has 1 saturated carbocycles. The Kier molecular flexibility index (Phi) is 5.49. The number of rotatable bonds is 7. The van der Waals surface area contributed by atoms with Crippen molar-refractivity contribution in [3.05, 3.63) is 35.3 Å². The van der Waals surface area contributed by atoms with Gasteiger partial charge in [0, 0.05) is 23.5 Å². The molecule has 1 aliphatic carbocycles. The summed E-state index contributed by atoms with van der Waals surface area (Å²) in [5.74, 6) is 0.781. The Morgan fingerprint density at radius 2 is 2.00 bits per heavy atom. The van der Waals surface area contributed by atoms with E-state index in [0.29, 0.717) is 29.7 Å². The normalized spacial score (nSPS) is 13.2. The summed E-state index contributed by atoms with van der Waals surface area (Å²) in [6.45, 7) is 0. The van der Waals surface area contributed by atoms with E-state index in [4.69, 9.17) is 4.74 Å². The number of aromatic nitrogens is 1. The highest BCUT2D eigenvalue weighted by atomic mass is 32.1. The summed E-state index contributed by atoms with van der Waals surface area (Å²) in [7, 11) is 1.59. The molecule has 3 rings (SSSR count). The first-order valence-electron chi connectivity index (χ1n) is 8.08. The number of methoxy groups -OCH3 is 1. The number of thiazole rings is 1. The fourth-order valence-electron chi connectivity index (χ4n) is 2.18. The molecule has 2 aromatic rings. The van der Waals surface area contributed by atoms with Crippen LogP contribution in [0.2, 0.25) is 0 Å². The van der Waals surface area contributed by atoms with Gasteiger partial charge in [-0.2, -0.15) is 0 Å². The predicted molar refractivity (Wildman–Crippen MR) is 97.2 cm³/mol. The molecule has 1 aromatic heterocycles. The largest absolute Gasteiger partial charge is 0.497 e. The first kappa shape index (κ1) is 17.2. The van der Waals surface area contributed by atoms with Gasteiger partial charge < -0.3 is 15.4 Å². The molecule has 0 unspecified atom stereocenters. The van der Waals surface area contributed by atoms with Crippen molar-refractivity contribution < 1.29 is 14.3 Å². The fourth-order valence-corrected chi connectivity index (χ4v) is 2.92. The number of carbonyl (C=O) groups is 2. The van der Waals surface area contributed by atoms with E-state index in [0.717, 1.165) is 24.3 Å². The number of hydrogen-bond donors (Lipinski definition) is 3. The molecule has 1 fully saturated rings. The van der Waals surface area contributed by atoms with Crippen LogP contribution in [-0.2, 0) is 11.2 Å². The fraction of sp³-hybridized carbons (Fsp3) is 0.353. The summed E-state index contributed by atoms with van der Waals surface area (Å²) in [4.78, 5) is 28.0. The number of anilines is 2. The van der Waals surface area contributed by atoms with Gasteiger partial charge in [-0.3, -0.25) is 10.1 Å². The van der Waals surface area contributed by atoms with Crippen LogP contribution in [0.1, 0.15) is 25.0 Å². The molecule has 1 heterocycles. The van der Waals surface area contributed by atoms with Crippen molar-refractivity contribution in [3.63, 3.8) is 0 Å². The van der Waals surface area contributed by atoms with Crippen LogP contribution in [-0.4, -0.2) is 30.1 Å². The summed E-state index contributed by atoms with van der Waals surface area (Å²) in [5, 5.41) is 10.7. The quantitative estimate of drug-likeness (QED) is 0.708. The average Bonchev–Trinajstić information content (AvgIpc) is 3.30. The molecule has 0 spiro atoms. The smallest absolute Gasteiger partial charge is 0.325 e. The van der Waals surface area contributed by atoms with E-state index in [1.165, 1.54) is 11.3 Å². The summed E-state index contributed by atoms with van der Waals surface area (Å²) < 4.78 is 5.07. The SMILES string of the molecule is COc1ccc(NC(=O)Nc2nc(CCC(=O)NC3CC3)cs2)cc1. The van der Waals surface area contributed by atoms with Crippen LogP contribution in [0.25, 0.3) is 0 Å². The van der Waals surface area contributed by atoms with Crippen LogP contribution in [0.3, 0.4) is 0 Å². The minimum Gasteiger partial charge on any atom is -0.497 e. The third-order valence-corrected chi connectivity index (χ3v) is 4.48. The van der Waals surface area contributed by atoms with Crippen LogP contribution < -0.4 is 20.7 Å². The number of ether oxygens (including phenoxy) is 1. The molecular weight excluding hydrogens is 340 g/mol. The summed E-state index contributed by atoms with van der Waals surface area (Å²) >= 11 is 1.34. The lowest BCUT2D eigenvalue weighted by molar-refractivity contribution is -0.121. The lowest BCUT2D eigenvalue weighted by Gasteiger charge is -2.06. The minimum atomic E-state index is -0.363. The number of nitrogens with zero attached hydrogens (tertiary/aromatic N) is 1. The Hall–Kier alpha value is -2.61. The van der Waals surface area contributed by atoms with E-state index in [1.807, 2.05) is 5.38 Å². The Morgan fingerprint density at radius 3 is 2.68 bits per heavy atom. The monoisotopic (exact) mass is 360 g/mol. The van der Waals surface area contributed by atoms with Crippen molar-refractivity contribution in [1.29, 1.82) is 0 Å². The first-order chi connectivity index (χ1) is 12.1. The molecule has 3 amide bonds. The van der Waals surface area contributed by atoms with Gasteiger partial charge in [-0.15, -0.1) is 11.3 Å². The highest BCUT2D eigenvalue weighted by molar-refractivity contribution is 7.13. The summed E-state index contributed by atoms with van der Waals surface area (Å²) in [5.41, 5.74) is 1.46. The third kappa shape index (κ3) is 5.46. The number of carbonyl (C=O) groups excluding carboxylic acids is 2. The second-order valence-corrected chi connectivity index (χ2v) is 6.65. The second-order valence-electron chi connectivity index (χ2n) is 5.79. The summed E-state index contributed by atoms with van der Waals surface area (Å²) in [6.07, 6.45) is 3.15. The molecule has 7 nitrogen and oxygen atoms in total. The molecule has 0 radical (unpaired) electrons. The molecule has 0 atom stereocenters. The van der Waals surface area contributed by atoms with Gasteiger partial charge in [0.2, 0.25) is 5.91 Å². The van der Waals surface area contributed by atoms with Crippen molar-refractivity contribution in [2.75, 3.05) is 17.7 Å². The van der Waals surface area contributed by atoms with Gasteiger partial charge in [-0.25, -0.2) is 9.78 Å². The number of amides is 3. The Morgan fingerprint density at radius 1 is 1.24 bits per heavy atom. The lowest BCUT2D eigenvalue weighted by Crippen LogP contribution is -2.25. The van der Waals surface area contributed by atoms with Gasteiger partial charge in [0.25, 0.3) is 0 Å². The van der Waals surface area contributed by atoms with Gasteiger partial charge in [0.15, 0.2) is 5.13 Å². The van der Waals surface area contributed by atoms with Crippen LogP contribution in [0, 0.1) is 0 Å². The second kappa shape index (κ2) is 7.98. The van der Waals surface area contributed by atoms with E-state index < -0.39 is 0 Å². The van der Waals surface area contributed by atoms with E-state index in [1.54, 1.807) is 31.4 Å². The van der Waals surface area contributed by atoms with Crippen LogP contribution >= 0.6 is 11.3 Å². The molecule has 3 N–H and O–H groups in total. The van der Waals surface area contributed by atoms with E-state index in [2.05, 4.69) is 20.9 Å². The van der Waals surface area contributed by atoms with Crippen molar-refractivity contribution >= 4 is 34.1 Å². The van der Waals surface area contributed by atoms with Crippen LogP contribution in [0.4, 0.5) is 15.6 Å². The first-order valence-corrected chi connectivity index (χ1v) is 8.96. The Balaban J connectivity index is 1.44. The van der Waals surface area contributed by atoms with Gasteiger partial charge >= 0.3 is 6.03 Å². The zero-order valence-electron chi connectivity index (χ0n) is 13.9. The number of urea groups is 1. The van der Waals surface area contributed by atoms with Crippen molar-refractivity contribution in [3.8, 4) is 5.75 Å². The predicted octanol–water partition coefficient (Wildman–Crippen LogP) is 3.01. The Labute approximate surface area is 149 Å². The molecule has 25 heavy (non-hydrogen) atoms. The molecule has 8 heteroatoms. The van der Waals surface area contributed by atoms with Gasteiger partial charge in [-0.05, 0) is 43.5 Å². The van der Waals surface area contributed by atoms with Crippen LogP contribution in [0.5, 0.6) is 5.75 Å². The molecule has 0 bridgehead atoms. The summed E-state index contributed by atoms with van der Waals surface area (Å²) in [6, 6.07) is 7.06. The number of nitrogens with one attached hydrogen (secondary N) is 3. The maximum absolute atomic E-state index is 12.0. The van der Waals surface area contributed by atoms with Crippen molar-refractivity contribution in [1.82, 2.24) is 10.3 Å². The topological polar surface area (TPSA) is 92.3 Å². The highest BCUT2D eigenvalue weighted by Gasteiger charge is 2.22. The maximum atomic E-state index is 12.0. The molecule has 0 saturated heterocycles. The molecule has 132 valence electrons. The van der Waals surface area contributed by atoms with Crippen LogP contribution in [0.15, 0.2) is 29.6 Å². The minimum absolute atomic E-state index is 0.0576. The number of aryl methyl sites for hydroxylation is 1. The Bertz CT molecular complexity index is 741. The van der Waals surface area contributed by atoms with Gasteiger partial charge in [0.05, 0.1) is 12.8 Å². The number of benzene rings is 1. The zero-order valence-corrected chi connectivity index (χ0v) is 14.7. The number of hydrogen-bond acceptors (Lipinski definition) is 5. The van der Waals surface area contributed by atoms with Gasteiger partial charge in [0.1, 0.15) is 5.75 Å². The maximum Gasteiger partial charge on any atom is 0.325 e. The third-order valence-electron chi connectivity index (χ3n) is 3.67.